The lowest BCUT2D eigenvalue weighted by Crippen LogP contribution is -2.30. The first-order valence-corrected chi connectivity index (χ1v) is 7.58. The van der Waals surface area contributed by atoms with Gasteiger partial charge >= 0.3 is 5.97 Å². The van der Waals surface area contributed by atoms with Crippen LogP contribution in [-0.4, -0.2) is 48.4 Å². The zero-order valence-electron chi connectivity index (χ0n) is 11.5. The van der Waals surface area contributed by atoms with Crippen molar-refractivity contribution in [3.05, 3.63) is 29.8 Å². The van der Waals surface area contributed by atoms with Gasteiger partial charge in [-0.1, -0.05) is 12.1 Å². The molecule has 1 aromatic carbocycles. The number of anilines is 1. The Morgan fingerprint density at radius 1 is 1.10 bits per heavy atom. The Hall–Kier alpha value is -1.46. The molecule has 1 rings (SSSR count). The highest BCUT2D eigenvalue weighted by atomic mass is 35.5. The van der Waals surface area contributed by atoms with Crippen LogP contribution in [0.4, 0.5) is 5.69 Å². The summed E-state index contributed by atoms with van der Waals surface area (Å²) in [5, 5.41) is 10.8. The van der Waals surface area contributed by atoms with E-state index in [1.54, 1.807) is 0 Å². The van der Waals surface area contributed by atoms with Crippen molar-refractivity contribution in [1.29, 1.82) is 0 Å². The van der Waals surface area contributed by atoms with Gasteiger partial charge in [0.25, 0.3) is 0 Å². The molecule has 0 aliphatic carbocycles. The third-order valence-electron chi connectivity index (χ3n) is 2.81. The minimum absolute atomic E-state index is 0.151. The van der Waals surface area contributed by atoms with Gasteiger partial charge in [0.2, 0.25) is 5.91 Å². The largest absolute Gasteiger partial charge is 0.480 e. The summed E-state index contributed by atoms with van der Waals surface area (Å²) in [6.07, 6.45) is 0.151. The van der Waals surface area contributed by atoms with Crippen LogP contribution in [-0.2, 0) is 16.0 Å². The maximum Gasteiger partial charge on any atom is 0.322 e. The van der Waals surface area contributed by atoms with Gasteiger partial charge in [0.05, 0.1) is 6.42 Å². The maximum absolute atomic E-state index is 11.5. The van der Waals surface area contributed by atoms with Gasteiger partial charge in [0.1, 0.15) is 6.54 Å². The van der Waals surface area contributed by atoms with E-state index in [2.05, 4.69) is 10.2 Å². The molecule has 0 unspecified atom stereocenters. The number of rotatable bonds is 9. The highest BCUT2D eigenvalue weighted by Crippen LogP contribution is 2.16. The van der Waals surface area contributed by atoms with E-state index in [4.69, 9.17) is 28.3 Å². The summed E-state index contributed by atoms with van der Waals surface area (Å²) in [6, 6.07) is 7.48. The first-order valence-electron chi connectivity index (χ1n) is 6.51. The molecule has 0 spiro atoms. The summed E-state index contributed by atoms with van der Waals surface area (Å²) >= 11 is 11.5. The maximum atomic E-state index is 11.5. The van der Waals surface area contributed by atoms with E-state index in [0.29, 0.717) is 24.8 Å². The van der Waals surface area contributed by atoms with Crippen molar-refractivity contribution >= 4 is 40.8 Å². The van der Waals surface area contributed by atoms with E-state index in [1.165, 1.54) is 0 Å². The van der Waals surface area contributed by atoms with Gasteiger partial charge in [-0.3, -0.25) is 9.59 Å². The normalized spacial score (nSPS) is 10.2. The molecule has 1 aromatic rings. The third-order valence-corrected chi connectivity index (χ3v) is 3.15. The molecule has 0 saturated carbocycles. The zero-order chi connectivity index (χ0) is 15.7. The smallest absolute Gasteiger partial charge is 0.322 e. The topological polar surface area (TPSA) is 69.6 Å². The van der Waals surface area contributed by atoms with Crippen LogP contribution in [0.5, 0.6) is 0 Å². The van der Waals surface area contributed by atoms with Crippen LogP contribution in [0.2, 0.25) is 0 Å². The number of carbonyl (C=O) groups excluding carboxylic acids is 1. The fourth-order valence-electron chi connectivity index (χ4n) is 1.82. The van der Waals surface area contributed by atoms with Gasteiger partial charge in [-0.25, -0.2) is 0 Å². The molecule has 0 aromatic heterocycles. The summed E-state index contributed by atoms with van der Waals surface area (Å²) in [4.78, 5) is 23.9. The lowest BCUT2D eigenvalue weighted by atomic mass is 10.1. The number of hydrogen-bond acceptors (Lipinski definition) is 3. The number of carboxylic acid groups (broad SMARTS) is 1. The highest BCUT2D eigenvalue weighted by molar-refractivity contribution is 6.18. The molecule has 5 nitrogen and oxygen atoms in total. The van der Waals surface area contributed by atoms with Crippen molar-refractivity contribution in [3.8, 4) is 0 Å². The molecule has 0 bridgehead atoms. The Balaban J connectivity index is 2.60. The third kappa shape index (κ3) is 6.69. The standard InChI is InChI=1S/C14H18Cl2N2O3/c15-5-7-18(8-6-16)12-3-1-11(2-4-12)9-13(19)17-10-14(20)21/h1-4H,5-10H2,(H,17,19)(H,20,21). The number of nitrogens with zero attached hydrogens (tertiary/aromatic N) is 1. The van der Waals surface area contributed by atoms with E-state index in [0.717, 1.165) is 11.3 Å². The van der Waals surface area contributed by atoms with Crippen molar-refractivity contribution in [1.82, 2.24) is 5.32 Å². The number of carbonyl (C=O) groups is 2. The fraction of sp³-hybridized carbons (Fsp3) is 0.429. The van der Waals surface area contributed by atoms with Gasteiger partial charge in [0, 0.05) is 30.5 Å². The molecule has 0 fully saturated rings. The van der Waals surface area contributed by atoms with Crippen molar-refractivity contribution in [2.75, 3.05) is 36.3 Å². The summed E-state index contributed by atoms with van der Waals surface area (Å²) in [5.41, 5.74) is 1.81. The average Bonchev–Trinajstić information content (AvgIpc) is 2.46. The van der Waals surface area contributed by atoms with Crippen LogP contribution in [0.15, 0.2) is 24.3 Å². The molecule has 1 amide bonds. The first-order chi connectivity index (χ1) is 10.1. The predicted octanol–water partition coefficient (Wildman–Crippen LogP) is 1.71. The molecule has 0 saturated heterocycles. The van der Waals surface area contributed by atoms with Crippen molar-refractivity contribution in [2.45, 2.75) is 6.42 Å². The van der Waals surface area contributed by atoms with E-state index in [1.807, 2.05) is 24.3 Å². The first kappa shape index (κ1) is 17.6. The Morgan fingerprint density at radius 3 is 2.14 bits per heavy atom. The van der Waals surface area contributed by atoms with Gasteiger partial charge in [0.15, 0.2) is 0 Å². The monoisotopic (exact) mass is 332 g/mol. The number of hydrogen-bond donors (Lipinski definition) is 2. The van der Waals surface area contributed by atoms with Crippen molar-refractivity contribution < 1.29 is 14.7 Å². The molecule has 0 radical (unpaired) electrons. The molecule has 0 aliphatic heterocycles. The van der Waals surface area contributed by atoms with Crippen LogP contribution < -0.4 is 10.2 Å². The quantitative estimate of drug-likeness (QED) is 0.675. The van der Waals surface area contributed by atoms with Crippen LogP contribution in [0, 0.1) is 0 Å². The van der Waals surface area contributed by atoms with E-state index in [9.17, 15) is 9.59 Å². The lowest BCUT2D eigenvalue weighted by molar-refractivity contribution is -0.137. The van der Waals surface area contributed by atoms with Crippen LogP contribution in [0.3, 0.4) is 0 Å². The second kappa shape index (κ2) is 9.47. The van der Waals surface area contributed by atoms with Gasteiger partial charge < -0.3 is 15.3 Å². The van der Waals surface area contributed by atoms with Gasteiger partial charge in [-0.05, 0) is 17.7 Å². The van der Waals surface area contributed by atoms with Gasteiger partial charge in [-0.15, -0.1) is 23.2 Å². The highest BCUT2D eigenvalue weighted by Gasteiger charge is 2.08. The molecule has 0 atom stereocenters. The van der Waals surface area contributed by atoms with Crippen molar-refractivity contribution in [3.63, 3.8) is 0 Å². The zero-order valence-corrected chi connectivity index (χ0v) is 13.0. The number of alkyl halides is 2. The second-order valence-corrected chi connectivity index (χ2v) is 5.13. The Kier molecular flexibility index (Phi) is 7.93. The number of aliphatic carboxylic acids is 1. The predicted molar refractivity (Wildman–Crippen MR) is 84.4 cm³/mol. The molecule has 0 aliphatic rings. The molecule has 116 valence electrons. The van der Waals surface area contributed by atoms with E-state index in [-0.39, 0.29) is 18.9 Å². The van der Waals surface area contributed by atoms with Crippen LogP contribution >= 0.6 is 23.2 Å². The number of carboxylic acids is 1. The molecular formula is C14H18Cl2N2O3. The number of nitrogens with one attached hydrogen (secondary N) is 1. The molecular weight excluding hydrogens is 315 g/mol. The lowest BCUT2D eigenvalue weighted by Gasteiger charge is -2.23. The second-order valence-electron chi connectivity index (χ2n) is 4.38. The van der Waals surface area contributed by atoms with E-state index >= 15 is 0 Å². The Labute approximate surface area is 133 Å². The number of amides is 1. The van der Waals surface area contributed by atoms with E-state index < -0.39 is 5.97 Å². The van der Waals surface area contributed by atoms with Crippen molar-refractivity contribution in [2.24, 2.45) is 0 Å². The molecule has 7 heteroatoms. The van der Waals surface area contributed by atoms with Crippen LogP contribution in [0.25, 0.3) is 0 Å². The molecule has 21 heavy (non-hydrogen) atoms. The van der Waals surface area contributed by atoms with Crippen LogP contribution in [0.1, 0.15) is 5.56 Å². The minimum Gasteiger partial charge on any atom is -0.480 e. The number of benzene rings is 1. The number of halogens is 2. The summed E-state index contributed by atoms with van der Waals surface area (Å²) in [7, 11) is 0. The molecule has 0 heterocycles. The summed E-state index contributed by atoms with van der Waals surface area (Å²) in [5.74, 6) is -0.355. The average molecular weight is 333 g/mol. The summed E-state index contributed by atoms with van der Waals surface area (Å²) in [6.45, 7) is 1.04. The SMILES string of the molecule is O=C(O)CNC(=O)Cc1ccc(N(CCCl)CCCl)cc1. The summed E-state index contributed by atoms with van der Waals surface area (Å²) < 4.78 is 0. The van der Waals surface area contributed by atoms with Gasteiger partial charge in [-0.2, -0.15) is 0 Å². The Morgan fingerprint density at radius 2 is 1.67 bits per heavy atom. The fourth-order valence-corrected chi connectivity index (χ4v) is 2.23. The molecule has 2 N–H and O–H groups in total. The Bertz CT molecular complexity index is 460. The minimum atomic E-state index is -1.06.